The Hall–Kier alpha value is -0.290. The Labute approximate surface area is 76.3 Å². The summed E-state index contributed by atoms with van der Waals surface area (Å²) in [7, 11) is 0. The van der Waals surface area contributed by atoms with Gasteiger partial charge in [0.1, 0.15) is 11.6 Å². The standard InChI is InChI=1S/C5H9FOS.C2H4O2/c1-3-4(6)2-5(8)7-3;1-2(3)4/h3-5,8H,2H2,1H3;1H3,(H,3,4). The average molecular weight is 196 g/mol. The van der Waals surface area contributed by atoms with Gasteiger partial charge in [-0.05, 0) is 6.92 Å². The number of halogens is 1. The first-order valence-electron chi connectivity index (χ1n) is 3.60. The molecular formula is C7H13FO3S. The Morgan fingerprint density at radius 2 is 2.17 bits per heavy atom. The molecule has 0 bridgehead atoms. The lowest BCUT2D eigenvalue weighted by Gasteiger charge is -2.02. The molecule has 72 valence electrons. The van der Waals surface area contributed by atoms with Gasteiger partial charge in [-0.25, -0.2) is 4.39 Å². The lowest BCUT2D eigenvalue weighted by atomic mass is 10.2. The first kappa shape index (κ1) is 11.7. The number of aliphatic carboxylic acids is 1. The average Bonchev–Trinajstić information content (AvgIpc) is 2.08. The van der Waals surface area contributed by atoms with E-state index in [0.29, 0.717) is 6.42 Å². The van der Waals surface area contributed by atoms with Crippen LogP contribution in [-0.4, -0.2) is 28.8 Å². The van der Waals surface area contributed by atoms with Gasteiger partial charge in [-0.3, -0.25) is 4.79 Å². The minimum atomic E-state index is -0.833. The van der Waals surface area contributed by atoms with Crippen molar-refractivity contribution >= 4 is 18.6 Å². The first-order valence-corrected chi connectivity index (χ1v) is 4.12. The molecule has 1 fully saturated rings. The van der Waals surface area contributed by atoms with Crippen LogP contribution in [0.15, 0.2) is 0 Å². The van der Waals surface area contributed by atoms with Crippen LogP contribution >= 0.6 is 12.6 Å². The van der Waals surface area contributed by atoms with Crippen molar-refractivity contribution in [3.8, 4) is 0 Å². The van der Waals surface area contributed by atoms with E-state index < -0.39 is 12.1 Å². The summed E-state index contributed by atoms with van der Waals surface area (Å²) in [5.74, 6) is -0.833. The maximum absolute atomic E-state index is 12.4. The van der Waals surface area contributed by atoms with Gasteiger partial charge in [0.15, 0.2) is 0 Å². The number of carbonyl (C=O) groups is 1. The Morgan fingerprint density at radius 1 is 1.75 bits per heavy atom. The zero-order valence-electron chi connectivity index (χ0n) is 7.03. The van der Waals surface area contributed by atoms with Gasteiger partial charge in [0.2, 0.25) is 0 Å². The SMILES string of the molecule is CC(=O)O.CC1OC(S)CC1F. The van der Waals surface area contributed by atoms with E-state index in [4.69, 9.17) is 14.6 Å². The van der Waals surface area contributed by atoms with Crippen LogP contribution in [0.2, 0.25) is 0 Å². The molecule has 0 aromatic heterocycles. The van der Waals surface area contributed by atoms with Gasteiger partial charge in [0.25, 0.3) is 5.97 Å². The lowest BCUT2D eigenvalue weighted by Crippen LogP contribution is -2.10. The summed E-state index contributed by atoms with van der Waals surface area (Å²) in [5.41, 5.74) is -0.181. The van der Waals surface area contributed by atoms with Crippen LogP contribution in [0.1, 0.15) is 20.3 Å². The van der Waals surface area contributed by atoms with Crippen LogP contribution in [0.25, 0.3) is 0 Å². The van der Waals surface area contributed by atoms with Crippen LogP contribution in [-0.2, 0) is 9.53 Å². The van der Waals surface area contributed by atoms with Crippen molar-refractivity contribution < 1.29 is 19.0 Å². The second kappa shape index (κ2) is 5.37. The summed E-state index contributed by atoms with van der Waals surface area (Å²) in [5, 5.41) is 7.42. The fourth-order valence-electron chi connectivity index (χ4n) is 0.773. The molecule has 0 radical (unpaired) electrons. The number of carboxylic acids is 1. The highest BCUT2D eigenvalue weighted by atomic mass is 32.1. The fourth-order valence-corrected chi connectivity index (χ4v) is 1.17. The molecule has 3 atom stereocenters. The van der Waals surface area contributed by atoms with E-state index in [9.17, 15) is 4.39 Å². The predicted octanol–water partition coefficient (Wildman–Crippen LogP) is 1.48. The van der Waals surface area contributed by atoms with E-state index in [2.05, 4.69) is 12.6 Å². The Balaban J connectivity index is 0.000000261. The number of hydrogen-bond donors (Lipinski definition) is 2. The number of alkyl halides is 1. The minimum absolute atomic E-state index is 0.181. The third kappa shape index (κ3) is 5.37. The maximum Gasteiger partial charge on any atom is 0.300 e. The van der Waals surface area contributed by atoms with Crippen LogP contribution in [0.3, 0.4) is 0 Å². The first-order chi connectivity index (χ1) is 5.43. The number of thiol groups is 1. The third-order valence-corrected chi connectivity index (χ3v) is 1.64. The second-order valence-corrected chi connectivity index (χ2v) is 3.14. The zero-order chi connectivity index (χ0) is 9.72. The zero-order valence-corrected chi connectivity index (χ0v) is 7.92. The highest BCUT2D eigenvalue weighted by Crippen LogP contribution is 2.24. The molecule has 0 aliphatic carbocycles. The van der Waals surface area contributed by atoms with Gasteiger partial charge in [-0.1, -0.05) is 0 Å². The van der Waals surface area contributed by atoms with E-state index in [1.165, 1.54) is 0 Å². The topological polar surface area (TPSA) is 46.5 Å². The molecule has 1 rings (SSSR count). The van der Waals surface area contributed by atoms with Crippen molar-refractivity contribution in [3.05, 3.63) is 0 Å². The molecule has 0 aromatic carbocycles. The quantitative estimate of drug-likeness (QED) is 0.577. The Bertz CT molecular complexity index is 140. The Kier molecular flexibility index (Phi) is 5.24. The van der Waals surface area contributed by atoms with E-state index in [1.54, 1.807) is 6.92 Å². The highest BCUT2D eigenvalue weighted by Gasteiger charge is 2.29. The van der Waals surface area contributed by atoms with E-state index >= 15 is 0 Å². The molecule has 12 heavy (non-hydrogen) atoms. The smallest absolute Gasteiger partial charge is 0.300 e. The van der Waals surface area contributed by atoms with Crippen molar-refractivity contribution in [1.82, 2.24) is 0 Å². The van der Waals surface area contributed by atoms with E-state index in [-0.39, 0.29) is 11.5 Å². The minimum Gasteiger partial charge on any atom is -0.481 e. The molecule has 5 heteroatoms. The monoisotopic (exact) mass is 196 g/mol. The van der Waals surface area contributed by atoms with Crippen molar-refractivity contribution in [1.29, 1.82) is 0 Å². The largest absolute Gasteiger partial charge is 0.481 e. The summed E-state index contributed by atoms with van der Waals surface area (Å²) in [6, 6.07) is 0. The molecular weight excluding hydrogens is 183 g/mol. The second-order valence-electron chi connectivity index (χ2n) is 2.57. The summed E-state index contributed by atoms with van der Waals surface area (Å²) in [6.07, 6.45) is -0.625. The van der Waals surface area contributed by atoms with Gasteiger partial charge in [-0.15, -0.1) is 12.6 Å². The van der Waals surface area contributed by atoms with Gasteiger partial charge in [0.05, 0.1) is 6.10 Å². The van der Waals surface area contributed by atoms with Crippen LogP contribution in [0.5, 0.6) is 0 Å². The van der Waals surface area contributed by atoms with Crippen molar-refractivity contribution in [2.75, 3.05) is 0 Å². The molecule has 1 N–H and O–H groups in total. The summed E-state index contributed by atoms with van der Waals surface area (Å²) < 4.78 is 17.4. The normalized spacial score (nSPS) is 33.8. The van der Waals surface area contributed by atoms with E-state index in [0.717, 1.165) is 6.92 Å². The number of rotatable bonds is 0. The van der Waals surface area contributed by atoms with Crippen LogP contribution in [0.4, 0.5) is 4.39 Å². The molecule has 0 saturated carbocycles. The summed E-state index contributed by atoms with van der Waals surface area (Å²) >= 11 is 3.95. The van der Waals surface area contributed by atoms with Crippen molar-refractivity contribution in [3.63, 3.8) is 0 Å². The third-order valence-electron chi connectivity index (χ3n) is 1.31. The Morgan fingerprint density at radius 3 is 2.25 bits per heavy atom. The number of hydrogen-bond acceptors (Lipinski definition) is 3. The fraction of sp³-hybridized carbons (Fsp3) is 0.857. The van der Waals surface area contributed by atoms with Crippen LogP contribution < -0.4 is 0 Å². The van der Waals surface area contributed by atoms with Gasteiger partial charge < -0.3 is 9.84 Å². The molecule has 3 unspecified atom stereocenters. The lowest BCUT2D eigenvalue weighted by molar-refractivity contribution is -0.134. The molecule has 0 spiro atoms. The number of ether oxygens (including phenoxy) is 1. The molecule has 1 aliphatic heterocycles. The molecule has 1 aliphatic rings. The van der Waals surface area contributed by atoms with Crippen molar-refractivity contribution in [2.45, 2.75) is 38.0 Å². The molecule has 0 aromatic rings. The van der Waals surface area contributed by atoms with E-state index in [1.807, 2.05) is 0 Å². The predicted molar refractivity (Wildman–Crippen MR) is 46.1 cm³/mol. The summed E-state index contributed by atoms with van der Waals surface area (Å²) in [6.45, 7) is 2.81. The maximum atomic E-state index is 12.4. The van der Waals surface area contributed by atoms with Crippen LogP contribution in [0, 0.1) is 0 Å². The van der Waals surface area contributed by atoms with Gasteiger partial charge in [0, 0.05) is 13.3 Å². The highest BCUT2D eigenvalue weighted by molar-refractivity contribution is 7.80. The summed E-state index contributed by atoms with van der Waals surface area (Å²) in [4.78, 5) is 9.00. The molecule has 1 saturated heterocycles. The molecule has 1 heterocycles. The molecule has 0 amide bonds. The van der Waals surface area contributed by atoms with Crippen molar-refractivity contribution in [2.24, 2.45) is 0 Å². The molecule has 3 nitrogen and oxygen atoms in total. The van der Waals surface area contributed by atoms with Gasteiger partial charge in [-0.2, -0.15) is 0 Å². The number of carboxylic acid groups (broad SMARTS) is 1. The van der Waals surface area contributed by atoms with Gasteiger partial charge >= 0.3 is 0 Å².